The Hall–Kier alpha value is -1.10. The van der Waals surface area contributed by atoms with Crippen LogP contribution in [0.5, 0.6) is 0 Å². The fourth-order valence-corrected chi connectivity index (χ4v) is 1.86. The minimum Gasteiger partial charge on any atom is -0.370 e. The summed E-state index contributed by atoms with van der Waals surface area (Å²) in [5, 5.41) is 10.7. The molecule has 0 unspecified atom stereocenters. The van der Waals surface area contributed by atoms with E-state index in [9.17, 15) is 4.79 Å². The largest absolute Gasteiger partial charge is 0.370 e. The van der Waals surface area contributed by atoms with Gasteiger partial charge in [-0.1, -0.05) is 0 Å². The SMILES string of the molecule is C[C@@H]([C]=O)N(C(=N)N)C1CCNCC1. The lowest BCUT2D eigenvalue weighted by molar-refractivity contribution is 0.231. The molecule has 0 saturated carbocycles. The van der Waals surface area contributed by atoms with Gasteiger partial charge < -0.3 is 16.0 Å². The van der Waals surface area contributed by atoms with Crippen LogP contribution < -0.4 is 11.1 Å². The van der Waals surface area contributed by atoms with Crippen LogP contribution in [0.3, 0.4) is 0 Å². The first-order chi connectivity index (χ1) is 6.66. The smallest absolute Gasteiger partial charge is 0.222 e. The number of rotatable bonds is 3. The van der Waals surface area contributed by atoms with E-state index in [-0.39, 0.29) is 12.0 Å². The number of carbonyl (C=O) groups excluding carboxylic acids is 1. The molecule has 1 rings (SSSR count). The van der Waals surface area contributed by atoms with Crippen molar-refractivity contribution < 1.29 is 4.79 Å². The van der Waals surface area contributed by atoms with Crippen molar-refractivity contribution in [1.29, 1.82) is 5.41 Å². The molecule has 1 saturated heterocycles. The molecule has 1 atom stereocenters. The van der Waals surface area contributed by atoms with Crippen LogP contribution in [0, 0.1) is 5.41 Å². The fourth-order valence-electron chi connectivity index (χ4n) is 1.86. The zero-order valence-corrected chi connectivity index (χ0v) is 8.42. The lowest BCUT2D eigenvalue weighted by Gasteiger charge is -2.36. The van der Waals surface area contributed by atoms with Crippen LogP contribution in [0.25, 0.3) is 0 Å². The number of hydrogen-bond donors (Lipinski definition) is 3. The fraction of sp³-hybridized carbons (Fsp3) is 0.778. The van der Waals surface area contributed by atoms with Crippen molar-refractivity contribution in [3.63, 3.8) is 0 Å². The number of nitrogens with zero attached hydrogens (tertiary/aromatic N) is 1. The van der Waals surface area contributed by atoms with Crippen LogP contribution >= 0.6 is 0 Å². The van der Waals surface area contributed by atoms with Crippen LogP contribution in [-0.4, -0.2) is 42.3 Å². The van der Waals surface area contributed by atoms with Crippen LogP contribution in [0.1, 0.15) is 19.8 Å². The van der Waals surface area contributed by atoms with Gasteiger partial charge in [0.05, 0.1) is 6.04 Å². The van der Waals surface area contributed by atoms with Gasteiger partial charge in [-0.2, -0.15) is 0 Å². The van der Waals surface area contributed by atoms with E-state index in [1.54, 1.807) is 11.8 Å². The highest BCUT2D eigenvalue weighted by Gasteiger charge is 2.26. The van der Waals surface area contributed by atoms with Crippen molar-refractivity contribution in [2.24, 2.45) is 5.73 Å². The maximum absolute atomic E-state index is 10.6. The minimum atomic E-state index is -0.421. The van der Waals surface area contributed by atoms with Gasteiger partial charge in [0.1, 0.15) is 0 Å². The molecule has 5 heteroatoms. The summed E-state index contributed by atoms with van der Waals surface area (Å²) in [5.41, 5.74) is 5.45. The maximum atomic E-state index is 10.6. The number of hydrogen-bond acceptors (Lipinski definition) is 3. The van der Waals surface area contributed by atoms with Crippen LogP contribution in [-0.2, 0) is 4.79 Å². The molecule has 0 aromatic carbocycles. The molecule has 1 aliphatic rings. The predicted molar refractivity (Wildman–Crippen MR) is 54.8 cm³/mol. The summed E-state index contributed by atoms with van der Waals surface area (Å²) >= 11 is 0. The Morgan fingerprint density at radius 2 is 2.21 bits per heavy atom. The average molecular weight is 197 g/mol. The van der Waals surface area contributed by atoms with Crippen molar-refractivity contribution in [2.75, 3.05) is 13.1 Å². The van der Waals surface area contributed by atoms with Crippen molar-refractivity contribution in [3.05, 3.63) is 0 Å². The quantitative estimate of drug-likeness (QED) is 0.418. The molecule has 0 aromatic heterocycles. The molecule has 1 radical (unpaired) electrons. The van der Waals surface area contributed by atoms with Crippen LogP contribution in [0.2, 0.25) is 0 Å². The van der Waals surface area contributed by atoms with E-state index in [1.165, 1.54) is 0 Å². The Kier molecular flexibility index (Phi) is 3.88. The number of nitrogens with one attached hydrogen (secondary N) is 2. The van der Waals surface area contributed by atoms with E-state index >= 15 is 0 Å². The summed E-state index contributed by atoms with van der Waals surface area (Å²) in [5.74, 6) is -0.0345. The van der Waals surface area contributed by atoms with Gasteiger partial charge in [0.15, 0.2) is 5.96 Å². The second-order valence-corrected chi connectivity index (χ2v) is 3.57. The van der Waals surface area contributed by atoms with Gasteiger partial charge in [0, 0.05) is 6.04 Å². The van der Waals surface area contributed by atoms with Gasteiger partial charge in [-0.15, -0.1) is 0 Å². The maximum Gasteiger partial charge on any atom is 0.222 e. The summed E-state index contributed by atoms with van der Waals surface area (Å²) in [6.07, 6.45) is 3.72. The summed E-state index contributed by atoms with van der Waals surface area (Å²) in [4.78, 5) is 12.2. The molecular formula is C9H17N4O. The first kappa shape index (κ1) is 11.0. The van der Waals surface area contributed by atoms with Gasteiger partial charge in [-0.3, -0.25) is 10.2 Å². The third kappa shape index (κ3) is 2.45. The van der Waals surface area contributed by atoms with E-state index in [0.29, 0.717) is 0 Å². The first-order valence-electron chi connectivity index (χ1n) is 4.87. The summed E-state index contributed by atoms with van der Waals surface area (Å²) in [6.45, 7) is 3.55. The first-order valence-corrected chi connectivity index (χ1v) is 4.87. The Morgan fingerprint density at radius 1 is 1.64 bits per heavy atom. The molecule has 4 N–H and O–H groups in total. The second-order valence-electron chi connectivity index (χ2n) is 3.57. The highest BCUT2D eigenvalue weighted by molar-refractivity contribution is 5.79. The minimum absolute atomic E-state index is 0.0345. The van der Waals surface area contributed by atoms with Crippen LogP contribution in [0.15, 0.2) is 0 Å². The van der Waals surface area contributed by atoms with Gasteiger partial charge in [-0.05, 0) is 32.9 Å². The molecule has 0 spiro atoms. The number of guanidine groups is 1. The molecule has 5 nitrogen and oxygen atoms in total. The van der Waals surface area contributed by atoms with Gasteiger partial charge >= 0.3 is 0 Å². The third-order valence-corrected chi connectivity index (χ3v) is 2.57. The lowest BCUT2D eigenvalue weighted by Crippen LogP contribution is -2.53. The summed E-state index contributed by atoms with van der Waals surface area (Å²) in [7, 11) is 0. The molecule has 1 aliphatic heterocycles. The third-order valence-electron chi connectivity index (χ3n) is 2.57. The van der Waals surface area contributed by atoms with Crippen molar-refractivity contribution in [1.82, 2.24) is 10.2 Å². The van der Waals surface area contributed by atoms with Gasteiger partial charge in [0.25, 0.3) is 0 Å². The molecule has 0 amide bonds. The van der Waals surface area contributed by atoms with E-state index < -0.39 is 6.04 Å². The van der Waals surface area contributed by atoms with E-state index in [2.05, 4.69) is 5.32 Å². The molecule has 1 heterocycles. The molecule has 1 fully saturated rings. The van der Waals surface area contributed by atoms with Gasteiger partial charge in [-0.25, -0.2) is 0 Å². The Bertz CT molecular complexity index is 213. The zero-order chi connectivity index (χ0) is 10.6. The Balaban J connectivity index is 2.65. The molecule has 0 aliphatic carbocycles. The average Bonchev–Trinajstić information content (AvgIpc) is 2.19. The molecule has 14 heavy (non-hydrogen) atoms. The molecule has 0 aromatic rings. The van der Waals surface area contributed by atoms with Crippen molar-refractivity contribution in [3.8, 4) is 0 Å². The number of piperidine rings is 1. The Labute approximate surface area is 84.1 Å². The molecular weight excluding hydrogens is 180 g/mol. The second kappa shape index (κ2) is 4.95. The zero-order valence-electron chi connectivity index (χ0n) is 8.42. The van der Waals surface area contributed by atoms with E-state index in [4.69, 9.17) is 11.1 Å². The topological polar surface area (TPSA) is 82.2 Å². The summed E-state index contributed by atoms with van der Waals surface area (Å²) < 4.78 is 0. The molecule has 0 bridgehead atoms. The standard InChI is InChI=1S/C9H17N4O/c1-7(6-14)13(9(10)11)8-2-4-12-5-3-8/h7-8,12H,2-5H2,1H3,(H3,10,11)/t7-/m0/s1. The highest BCUT2D eigenvalue weighted by Crippen LogP contribution is 2.13. The number of nitrogens with two attached hydrogens (primary N) is 1. The lowest BCUT2D eigenvalue weighted by atomic mass is 10.0. The van der Waals surface area contributed by atoms with E-state index in [0.717, 1.165) is 25.9 Å². The van der Waals surface area contributed by atoms with Gasteiger partial charge in [0.2, 0.25) is 6.29 Å². The summed E-state index contributed by atoms with van der Waals surface area (Å²) in [6, 6.07) is -0.221. The Morgan fingerprint density at radius 3 is 2.64 bits per heavy atom. The monoisotopic (exact) mass is 197 g/mol. The van der Waals surface area contributed by atoms with Crippen molar-refractivity contribution in [2.45, 2.75) is 31.8 Å². The van der Waals surface area contributed by atoms with E-state index in [1.807, 2.05) is 6.29 Å². The normalized spacial score (nSPS) is 20.1. The predicted octanol–water partition coefficient (Wildman–Crippen LogP) is -0.568. The van der Waals surface area contributed by atoms with Crippen LogP contribution in [0.4, 0.5) is 0 Å². The highest BCUT2D eigenvalue weighted by atomic mass is 16.1. The molecule has 79 valence electrons. The van der Waals surface area contributed by atoms with Crippen molar-refractivity contribution >= 4 is 12.2 Å².